The van der Waals surface area contributed by atoms with Crippen LogP contribution in [-0.2, 0) is 26.2 Å². The van der Waals surface area contributed by atoms with E-state index >= 15 is 0 Å². The molecule has 7 nitrogen and oxygen atoms in total. The van der Waals surface area contributed by atoms with Crippen LogP contribution in [0.25, 0.3) is 0 Å². The van der Waals surface area contributed by atoms with Gasteiger partial charge in [-0.05, 0) is 75.1 Å². The largest absolute Gasteiger partial charge is 0.352 e. The zero-order valence-corrected chi connectivity index (χ0v) is 24.7. The highest BCUT2D eigenvalue weighted by atomic mass is 32.2. The number of carbonyl (C=O) groups is 2. The maximum Gasteiger partial charge on any atom is 0.264 e. The van der Waals surface area contributed by atoms with Crippen LogP contribution in [0.5, 0.6) is 0 Å². The van der Waals surface area contributed by atoms with Crippen molar-refractivity contribution in [2.24, 2.45) is 0 Å². The summed E-state index contributed by atoms with van der Waals surface area (Å²) in [6.07, 6.45) is 5.00. The number of para-hydroxylation sites is 1. The van der Waals surface area contributed by atoms with Gasteiger partial charge in [0, 0.05) is 12.6 Å². The van der Waals surface area contributed by atoms with Gasteiger partial charge in [-0.15, -0.1) is 0 Å². The number of halogens is 1. The molecule has 0 spiro atoms. The molecule has 1 saturated carbocycles. The molecular weight excluding hydrogens is 541 g/mol. The molecule has 2 amide bonds. The summed E-state index contributed by atoms with van der Waals surface area (Å²) >= 11 is 0. The van der Waals surface area contributed by atoms with Gasteiger partial charge in [0.2, 0.25) is 11.8 Å². The Balaban J connectivity index is 1.68. The lowest BCUT2D eigenvalue weighted by atomic mass is 9.95. The molecule has 1 aliphatic carbocycles. The molecule has 4 rings (SSSR count). The first-order valence-electron chi connectivity index (χ1n) is 14.1. The van der Waals surface area contributed by atoms with Crippen LogP contribution in [0.3, 0.4) is 0 Å². The van der Waals surface area contributed by atoms with E-state index in [4.69, 9.17) is 0 Å². The summed E-state index contributed by atoms with van der Waals surface area (Å²) in [5, 5.41) is 3.08. The standard InChI is InChI=1S/C32H38FN3O4S/c1-23-13-19-29(20-14-23)41(39,40)36(30-12-8-7-9-24(30)2)22-31(37)35(21-26-15-17-27(33)18-16-26)25(3)32(38)34-28-10-5-4-6-11-28/h7-9,12-20,25,28H,4-6,10-11,21-22H2,1-3H3,(H,34,38)/t25-/m1/s1. The number of nitrogens with zero attached hydrogens (tertiary/aromatic N) is 2. The molecule has 3 aromatic carbocycles. The van der Waals surface area contributed by atoms with E-state index in [-0.39, 0.29) is 23.4 Å². The van der Waals surface area contributed by atoms with E-state index in [2.05, 4.69) is 5.32 Å². The molecule has 0 aliphatic heterocycles. The smallest absolute Gasteiger partial charge is 0.264 e. The van der Waals surface area contributed by atoms with Gasteiger partial charge in [-0.2, -0.15) is 0 Å². The lowest BCUT2D eigenvalue weighted by molar-refractivity contribution is -0.139. The molecule has 0 bridgehead atoms. The van der Waals surface area contributed by atoms with Gasteiger partial charge < -0.3 is 10.2 Å². The topological polar surface area (TPSA) is 86.8 Å². The number of benzene rings is 3. The molecule has 9 heteroatoms. The van der Waals surface area contributed by atoms with Gasteiger partial charge in [-0.25, -0.2) is 12.8 Å². The second-order valence-corrected chi connectivity index (χ2v) is 12.6. The van der Waals surface area contributed by atoms with Gasteiger partial charge in [-0.1, -0.05) is 67.3 Å². The molecule has 0 aromatic heterocycles. The number of hydrogen-bond acceptors (Lipinski definition) is 4. The highest BCUT2D eigenvalue weighted by molar-refractivity contribution is 7.92. The van der Waals surface area contributed by atoms with Crippen molar-refractivity contribution in [1.82, 2.24) is 10.2 Å². The van der Waals surface area contributed by atoms with E-state index in [0.29, 0.717) is 16.8 Å². The summed E-state index contributed by atoms with van der Waals surface area (Å²) in [5.41, 5.74) is 2.60. The third-order valence-electron chi connectivity index (χ3n) is 7.66. The summed E-state index contributed by atoms with van der Waals surface area (Å²) < 4.78 is 42.6. The number of hydrogen-bond donors (Lipinski definition) is 1. The number of sulfonamides is 1. The Hall–Kier alpha value is -3.72. The third kappa shape index (κ3) is 7.52. The summed E-state index contributed by atoms with van der Waals surface area (Å²) in [6, 6.07) is 18.3. The SMILES string of the molecule is Cc1ccc(S(=O)(=O)N(CC(=O)N(Cc2ccc(F)cc2)[C@H](C)C(=O)NC2CCCCC2)c2ccccc2C)cc1. The maximum atomic E-state index is 14.0. The molecule has 218 valence electrons. The van der Waals surface area contributed by atoms with E-state index in [1.165, 1.54) is 29.2 Å². The van der Waals surface area contributed by atoms with Crippen LogP contribution in [0.15, 0.2) is 77.7 Å². The molecule has 3 aromatic rings. The van der Waals surface area contributed by atoms with Crippen molar-refractivity contribution >= 4 is 27.5 Å². The Morgan fingerprint density at radius 3 is 2.20 bits per heavy atom. The van der Waals surface area contributed by atoms with Crippen LogP contribution in [-0.4, -0.2) is 43.8 Å². The predicted octanol–water partition coefficient (Wildman–Crippen LogP) is 5.50. The number of anilines is 1. The molecule has 1 N–H and O–H groups in total. The van der Waals surface area contributed by atoms with Crippen molar-refractivity contribution in [3.8, 4) is 0 Å². The molecule has 0 saturated heterocycles. The van der Waals surface area contributed by atoms with E-state index < -0.39 is 34.3 Å². The molecular formula is C32H38FN3O4S. The van der Waals surface area contributed by atoms with Crippen molar-refractivity contribution in [2.75, 3.05) is 10.8 Å². The van der Waals surface area contributed by atoms with E-state index in [0.717, 1.165) is 42.0 Å². The number of aryl methyl sites for hydroxylation is 2. The van der Waals surface area contributed by atoms with Crippen LogP contribution in [0.1, 0.15) is 55.7 Å². The number of rotatable bonds is 10. The molecule has 0 radical (unpaired) electrons. The predicted molar refractivity (Wildman–Crippen MR) is 158 cm³/mol. The lowest BCUT2D eigenvalue weighted by Crippen LogP contribution is -2.53. The number of carbonyl (C=O) groups excluding carboxylic acids is 2. The average Bonchev–Trinajstić information content (AvgIpc) is 2.96. The van der Waals surface area contributed by atoms with Crippen LogP contribution in [0, 0.1) is 19.7 Å². The molecule has 1 fully saturated rings. The molecule has 1 atom stereocenters. The van der Waals surface area contributed by atoms with Gasteiger partial charge in [0.15, 0.2) is 0 Å². The summed E-state index contributed by atoms with van der Waals surface area (Å²) in [4.78, 5) is 28.8. The fourth-order valence-corrected chi connectivity index (χ4v) is 6.61. The minimum absolute atomic E-state index is 0.0184. The van der Waals surface area contributed by atoms with E-state index in [9.17, 15) is 22.4 Å². The fraction of sp³-hybridized carbons (Fsp3) is 0.375. The Morgan fingerprint density at radius 2 is 1.56 bits per heavy atom. The molecule has 0 heterocycles. The van der Waals surface area contributed by atoms with Crippen LogP contribution in [0.4, 0.5) is 10.1 Å². The number of amides is 2. The van der Waals surface area contributed by atoms with Crippen LogP contribution >= 0.6 is 0 Å². The van der Waals surface area contributed by atoms with Gasteiger partial charge in [-0.3, -0.25) is 13.9 Å². The zero-order chi connectivity index (χ0) is 29.6. The van der Waals surface area contributed by atoms with Crippen molar-refractivity contribution < 1.29 is 22.4 Å². The second kappa shape index (κ2) is 13.3. The van der Waals surface area contributed by atoms with Crippen LogP contribution in [0.2, 0.25) is 0 Å². The van der Waals surface area contributed by atoms with Crippen molar-refractivity contribution in [1.29, 1.82) is 0 Å². The summed E-state index contributed by atoms with van der Waals surface area (Å²) in [5.74, 6) is -1.25. The Morgan fingerprint density at radius 1 is 0.927 bits per heavy atom. The summed E-state index contributed by atoms with van der Waals surface area (Å²) in [6.45, 7) is 4.81. The molecule has 0 unspecified atom stereocenters. The van der Waals surface area contributed by atoms with Crippen molar-refractivity contribution in [2.45, 2.75) is 76.4 Å². The highest BCUT2D eigenvalue weighted by Gasteiger charge is 2.33. The van der Waals surface area contributed by atoms with Gasteiger partial charge in [0.25, 0.3) is 10.0 Å². The quantitative estimate of drug-likeness (QED) is 0.344. The van der Waals surface area contributed by atoms with Crippen LogP contribution < -0.4 is 9.62 Å². The number of nitrogens with one attached hydrogen (secondary N) is 1. The van der Waals surface area contributed by atoms with Crippen molar-refractivity contribution in [3.05, 3.63) is 95.3 Å². The second-order valence-electron chi connectivity index (χ2n) is 10.8. The van der Waals surface area contributed by atoms with Crippen molar-refractivity contribution in [3.63, 3.8) is 0 Å². The van der Waals surface area contributed by atoms with E-state index in [1.54, 1.807) is 62.4 Å². The minimum Gasteiger partial charge on any atom is -0.352 e. The Labute approximate surface area is 242 Å². The highest BCUT2D eigenvalue weighted by Crippen LogP contribution is 2.28. The average molecular weight is 580 g/mol. The lowest BCUT2D eigenvalue weighted by Gasteiger charge is -2.33. The third-order valence-corrected chi connectivity index (χ3v) is 9.43. The Kier molecular flexibility index (Phi) is 9.81. The van der Waals surface area contributed by atoms with Gasteiger partial charge in [0.1, 0.15) is 18.4 Å². The summed E-state index contributed by atoms with van der Waals surface area (Å²) in [7, 11) is -4.13. The van der Waals surface area contributed by atoms with E-state index in [1.807, 2.05) is 6.92 Å². The molecule has 41 heavy (non-hydrogen) atoms. The van der Waals surface area contributed by atoms with Gasteiger partial charge in [0.05, 0.1) is 10.6 Å². The Bertz CT molecular complexity index is 1450. The monoisotopic (exact) mass is 579 g/mol. The first kappa shape index (κ1) is 30.2. The first-order valence-corrected chi connectivity index (χ1v) is 15.5. The minimum atomic E-state index is -4.13. The maximum absolute atomic E-state index is 14.0. The molecule has 1 aliphatic rings. The first-order chi connectivity index (χ1) is 19.6. The normalized spacial score (nSPS) is 14.7. The fourth-order valence-electron chi connectivity index (χ4n) is 5.13. The van der Waals surface area contributed by atoms with Gasteiger partial charge >= 0.3 is 0 Å². The zero-order valence-electron chi connectivity index (χ0n) is 23.8.